The molecular formula is C11H14O2. The molecule has 1 aromatic rings. The first-order valence-corrected chi connectivity index (χ1v) is 4.69. The summed E-state index contributed by atoms with van der Waals surface area (Å²) in [4.78, 5) is 0. The summed E-state index contributed by atoms with van der Waals surface area (Å²) in [6, 6.07) is 10.1. The fourth-order valence-electron chi connectivity index (χ4n) is 1.83. The van der Waals surface area contributed by atoms with Crippen molar-refractivity contribution >= 4 is 0 Å². The summed E-state index contributed by atoms with van der Waals surface area (Å²) < 4.78 is 5.58. The second-order valence-electron chi connectivity index (χ2n) is 3.43. The highest BCUT2D eigenvalue weighted by Crippen LogP contribution is 2.33. The van der Waals surface area contributed by atoms with Gasteiger partial charge in [-0.05, 0) is 12.0 Å². The molecule has 2 heteroatoms. The lowest BCUT2D eigenvalue weighted by Gasteiger charge is -2.16. The third-order valence-electron chi connectivity index (χ3n) is 2.58. The van der Waals surface area contributed by atoms with Crippen LogP contribution in [-0.2, 0) is 4.74 Å². The maximum absolute atomic E-state index is 9.12. The molecule has 2 rings (SSSR count). The van der Waals surface area contributed by atoms with Crippen molar-refractivity contribution in [2.45, 2.75) is 12.5 Å². The van der Waals surface area contributed by atoms with Crippen molar-refractivity contribution in [1.82, 2.24) is 0 Å². The van der Waals surface area contributed by atoms with Gasteiger partial charge in [-0.25, -0.2) is 0 Å². The van der Waals surface area contributed by atoms with Gasteiger partial charge in [0.1, 0.15) is 0 Å². The van der Waals surface area contributed by atoms with Gasteiger partial charge in [-0.2, -0.15) is 0 Å². The van der Waals surface area contributed by atoms with Crippen LogP contribution in [0.3, 0.4) is 0 Å². The molecule has 0 aliphatic carbocycles. The first kappa shape index (κ1) is 8.73. The van der Waals surface area contributed by atoms with E-state index >= 15 is 0 Å². The molecule has 1 heterocycles. The van der Waals surface area contributed by atoms with Gasteiger partial charge < -0.3 is 9.84 Å². The molecule has 1 N–H and O–H groups in total. The zero-order chi connectivity index (χ0) is 9.10. The summed E-state index contributed by atoms with van der Waals surface area (Å²) in [7, 11) is 0. The molecule has 0 saturated carbocycles. The van der Waals surface area contributed by atoms with Crippen molar-refractivity contribution in [2.75, 3.05) is 13.2 Å². The molecule has 2 nitrogen and oxygen atoms in total. The normalized spacial score (nSPS) is 27.8. The largest absolute Gasteiger partial charge is 0.396 e. The van der Waals surface area contributed by atoms with E-state index in [4.69, 9.17) is 9.84 Å². The molecular weight excluding hydrogens is 164 g/mol. The van der Waals surface area contributed by atoms with Gasteiger partial charge in [0.2, 0.25) is 0 Å². The Balaban J connectivity index is 2.16. The van der Waals surface area contributed by atoms with Crippen LogP contribution in [0.4, 0.5) is 0 Å². The van der Waals surface area contributed by atoms with Crippen molar-refractivity contribution in [3.8, 4) is 0 Å². The number of benzene rings is 1. The second-order valence-corrected chi connectivity index (χ2v) is 3.43. The molecule has 0 spiro atoms. The Morgan fingerprint density at radius 1 is 1.31 bits per heavy atom. The van der Waals surface area contributed by atoms with Crippen molar-refractivity contribution in [3.63, 3.8) is 0 Å². The minimum absolute atomic E-state index is 0.103. The monoisotopic (exact) mass is 178 g/mol. The van der Waals surface area contributed by atoms with Crippen molar-refractivity contribution in [1.29, 1.82) is 0 Å². The first-order chi connectivity index (χ1) is 6.42. The standard InChI is InChI=1S/C11H14O2/c12-8-10-6-7-13-11(10)9-4-2-1-3-5-9/h1-5,10-12H,6-8H2/t10-,11-/m0/s1. The van der Waals surface area contributed by atoms with Crippen LogP contribution in [0.1, 0.15) is 18.1 Å². The molecule has 1 aliphatic heterocycles. The fraction of sp³-hybridized carbons (Fsp3) is 0.455. The molecule has 2 atom stereocenters. The Labute approximate surface area is 78.2 Å². The zero-order valence-corrected chi connectivity index (χ0v) is 7.52. The number of ether oxygens (including phenoxy) is 1. The van der Waals surface area contributed by atoms with E-state index in [0.29, 0.717) is 0 Å². The fourth-order valence-corrected chi connectivity index (χ4v) is 1.83. The van der Waals surface area contributed by atoms with Crippen LogP contribution in [-0.4, -0.2) is 18.3 Å². The van der Waals surface area contributed by atoms with E-state index in [1.54, 1.807) is 0 Å². The maximum atomic E-state index is 9.12. The zero-order valence-electron chi connectivity index (χ0n) is 7.52. The van der Waals surface area contributed by atoms with Gasteiger partial charge in [0.05, 0.1) is 6.10 Å². The highest BCUT2D eigenvalue weighted by molar-refractivity contribution is 5.19. The van der Waals surface area contributed by atoms with Gasteiger partial charge in [-0.3, -0.25) is 0 Å². The molecule has 70 valence electrons. The molecule has 1 saturated heterocycles. The molecule has 1 aliphatic rings. The van der Waals surface area contributed by atoms with Crippen molar-refractivity contribution < 1.29 is 9.84 Å². The van der Waals surface area contributed by atoms with Crippen LogP contribution in [0.25, 0.3) is 0 Å². The van der Waals surface area contributed by atoms with E-state index in [1.165, 1.54) is 5.56 Å². The van der Waals surface area contributed by atoms with E-state index in [2.05, 4.69) is 12.1 Å². The van der Waals surface area contributed by atoms with Crippen LogP contribution >= 0.6 is 0 Å². The molecule has 0 radical (unpaired) electrons. The molecule has 13 heavy (non-hydrogen) atoms. The number of hydrogen-bond donors (Lipinski definition) is 1. The smallest absolute Gasteiger partial charge is 0.0875 e. The summed E-state index contributed by atoms with van der Waals surface area (Å²) in [6.45, 7) is 0.990. The molecule has 0 bridgehead atoms. The number of aliphatic hydroxyl groups excluding tert-OH is 1. The topological polar surface area (TPSA) is 29.5 Å². The lowest BCUT2D eigenvalue weighted by molar-refractivity contribution is 0.0720. The predicted molar refractivity (Wildman–Crippen MR) is 50.3 cm³/mol. The summed E-state index contributed by atoms with van der Waals surface area (Å²) in [5.74, 6) is 0.280. The summed E-state index contributed by atoms with van der Waals surface area (Å²) in [6.07, 6.45) is 1.07. The number of hydrogen-bond acceptors (Lipinski definition) is 2. The van der Waals surface area contributed by atoms with Gasteiger partial charge in [-0.1, -0.05) is 30.3 Å². The van der Waals surface area contributed by atoms with Crippen LogP contribution in [0.2, 0.25) is 0 Å². The quantitative estimate of drug-likeness (QED) is 0.747. The van der Waals surface area contributed by atoms with Crippen molar-refractivity contribution in [3.05, 3.63) is 35.9 Å². The number of aliphatic hydroxyl groups is 1. The van der Waals surface area contributed by atoms with E-state index in [1.807, 2.05) is 18.2 Å². The van der Waals surface area contributed by atoms with Crippen LogP contribution in [0.5, 0.6) is 0 Å². The molecule has 0 aromatic heterocycles. The Hall–Kier alpha value is -0.860. The number of rotatable bonds is 2. The second kappa shape index (κ2) is 3.90. The van der Waals surface area contributed by atoms with Gasteiger partial charge >= 0.3 is 0 Å². The average Bonchev–Trinajstić information content (AvgIpc) is 2.67. The third kappa shape index (κ3) is 1.74. The van der Waals surface area contributed by atoms with Gasteiger partial charge in [0.25, 0.3) is 0 Å². The SMILES string of the molecule is OC[C@@H]1CCO[C@H]1c1ccccc1. The summed E-state index contributed by atoms with van der Waals surface area (Å²) >= 11 is 0. The van der Waals surface area contributed by atoms with E-state index in [-0.39, 0.29) is 18.6 Å². The first-order valence-electron chi connectivity index (χ1n) is 4.69. The molecule has 1 aromatic carbocycles. The lowest BCUT2D eigenvalue weighted by atomic mass is 9.96. The average molecular weight is 178 g/mol. The Kier molecular flexibility index (Phi) is 2.62. The molecule has 1 fully saturated rings. The van der Waals surface area contributed by atoms with E-state index in [9.17, 15) is 0 Å². The Morgan fingerprint density at radius 3 is 2.77 bits per heavy atom. The highest BCUT2D eigenvalue weighted by atomic mass is 16.5. The van der Waals surface area contributed by atoms with E-state index in [0.717, 1.165) is 13.0 Å². The predicted octanol–water partition coefficient (Wildman–Crippen LogP) is 1.76. The highest BCUT2D eigenvalue weighted by Gasteiger charge is 2.28. The lowest BCUT2D eigenvalue weighted by Crippen LogP contribution is -2.11. The minimum atomic E-state index is 0.103. The van der Waals surface area contributed by atoms with Crippen LogP contribution in [0.15, 0.2) is 30.3 Å². The van der Waals surface area contributed by atoms with Gasteiger partial charge in [-0.15, -0.1) is 0 Å². The van der Waals surface area contributed by atoms with Gasteiger partial charge in [0.15, 0.2) is 0 Å². The molecule has 0 unspecified atom stereocenters. The van der Waals surface area contributed by atoms with E-state index < -0.39 is 0 Å². The Morgan fingerprint density at radius 2 is 2.08 bits per heavy atom. The Bertz CT molecular complexity index is 258. The van der Waals surface area contributed by atoms with Crippen LogP contribution < -0.4 is 0 Å². The van der Waals surface area contributed by atoms with Crippen LogP contribution in [0, 0.1) is 5.92 Å². The van der Waals surface area contributed by atoms with Gasteiger partial charge in [0, 0.05) is 19.1 Å². The summed E-state index contributed by atoms with van der Waals surface area (Å²) in [5.41, 5.74) is 1.18. The third-order valence-corrected chi connectivity index (χ3v) is 2.58. The molecule has 0 amide bonds. The minimum Gasteiger partial charge on any atom is -0.396 e. The van der Waals surface area contributed by atoms with Crippen molar-refractivity contribution in [2.24, 2.45) is 5.92 Å². The summed E-state index contributed by atoms with van der Waals surface area (Å²) in [5, 5.41) is 9.12. The maximum Gasteiger partial charge on any atom is 0.0875 e.